The maximum atomic E-state index is 12.8. The van der Waals surface area contributed by atoms with Crippen LogP contribution in [0.5, 0.6) is 0 Å². The van der Waals surface area contributed by atoms with Crippen LogP contribution in [-0.4, -0.2) is 35.0 Å². The fraction of sp³-hybridized carbons (Fsp3) is 0.476. The molecule has 0 saturated carbocycles. The van der Waals surface area contributed by atoms with Crippen LogP contribution in [0.2, 0.25) is 0 Å². The summed E-state index contributed by atoms with van der Waals surface area (Å²) in [6.07, 6.45) is 6.09. The molecule has 0 radical (unpaired) electrons. The molecule has 1 fully saturated rings. The molecule has 5 nitrogen and oxygen atoms in total. The largest absolute Gasteiger partial charge is 0.356 e. The Kier molecular flexibility index (Phi) is 5.86. The zero-order valence-corrected chi connectivity index (χ0v) is 16.0. The molecule has 1 unspecified atom stereocenters. The second-order valence-corrected chi connectivity index (χ2v) is 7.13. The van der Waals surface area contributed by atoms with E-state index in [1.807, 2.05) is 19.1 Å². The van der Waals surface area contributed by atoms with E-state index in [0.717, 1.165) is 43.7 Å². The summed E-state index contributed by atoms with van der Waals surface area (Å²) < 4.78 is 0. The standard InChI is InChI=1S/C21H28N4O/c1-4-16(3)23-21(26)18-14-22-19(17-10-8-9-15(2)13-17)24-20(18)25-11-6-5-7-12-25/h8-10,13-14,16H,4-7,11-12H2,1-3H3,(H,23,26). The molecule has 1 amide bonds. The Morgan fingerprint density at radius 1 is 1.27 bits per heavy atom. The number of rotatable bonds is 5. The molecule has 0 bridgehead atoms. The molecule has 2 heterocycles. The van der Waals surface area contributed by atoms with E-state index in [2.05, 4.69) is 41.2 Å². The van der Waals surface area contributed by atoms with Gasteiger partial charge in [-0.15, -0.1) is 0 Å². The van der Waals surface area contributed by atoms with E-state index in [1.165, 1.54) is 12.0 Å². The van der Waals surface area contributed by atoms with Crippen molar-refractivity contribution >= 4 is 11.7 Å². The molecule has 1 aromatic heterocycles. The number of aryl methyl sites for hydroxylation is 1. The van der Waals surface area contributed by atoms with E-state index < -0.39 is 0 Å². The molecule has 1 N–H and O–H groups in total. The van der Waals surface area contributed by atoms with Gasteiger partial charge in [0.2, 0.25) is 0 Å². The Hall–Kier alpha value is -2.43. The van der Waals surface area contributed by atoms with E-state index in [0.29, 0.717) is 11.4 Å². The van der Waals surface area contributed by atoms with Crippen LogP contribution in [0.1, 0.15) is 55.5 Å². The topological polar surface area (TPSA) is 58.1 Å². The lowest BCUT2D eigenvalue weighted by Gasteiger charge is -2.29. The maximum absolute atomic E-state index is 12.8. The van der Waals surface area contributed by atoms with Gasteiger partial charge < -0.3 is 10.2 Å². The van der Waals surface area contributed by atoms with E-state index in [4.69, 9.17) is 4.98 Å². The molecular formula is C21H28N4O. The van der Waals surface area contributed by atoms with Gasteiger partial charge in [0.15, 0.2) is 5.82 Å². The van der Waals surface area contributed by atoms with Crippen LogP contribution in [0, 0.1) is 6.92 Å². The van der Waals surface area contributed by atoms with Crippen molar-refractivity contribution < 1.29 is 4.79 Å². The number of nitrogens with one attached hydrogen (secondary N) is 1. The van der Waals surface area contributed by atoms with E-state index in [-0.39, 0.29) is 11.9 Å². The van der Waals surface area contributed by atoms with Crippen molar-refractivity contribution in [3.05, 3.63) is 41.6 Å². The normalized spacial score (nSPS) is 15.6. The van der Waals surface area contributed by atoms with Crippen molar-refractivity contribution in [3.63, 3.8) is 0 Å². The van der Waals surface area contributed by atoms with Crippen molar-refractivity contribution in [1.82, 2.24) is 15.3 Å². The van der Waals surface area contributed by atoms with Gasteiger partial charge in [-0.05, 0) is 45.6 Å². The molecule has 3 rings (SSSR count). The van der Waals surface area contributed by atoms with Crippen LogP contribution >= 0.6 is 0 Å². The SMILES string of the molecule is CCC(C)NC(=O)c1cnc(-c2cccc(C)c2)nc1N1CCCCC1. The summed E-state index contributed by atoms with van der Waals surface area (Å²) in [5.41, 5.74) is 2.73. The number of hydrogen-bond acceptors (Lipinski definition) is 4. The van der Waals surface area contributed by atoms with Crippen LogP contribution in [0.3, 0.4) is 0 Å². The van der Waals surface area contributed by atoms with Gasteiger partial charge >= 0.3 is 0 Å². The molecule has 1 aliphatic rings. The second-order valence-electron chi connectivity index (χ2n) is 7.13. The highest BCUT2D eigenvalue weighted by molar-refractivity contribution is 5.99. The first kappa shape index (κ1) is 18.4. The average Bonchev–Trinajstić information content (AvgIpc) is 2.68. The van der Waals surface area contributed by atoms with E-state index >= 15 is 0 Å². The third-order valence-electron chi connectivity index (χ3n) is 4.94. The lowest BCUT2D eigenvalue weighted by atomic mass is 10.1. The molecular weight excluding hydrogens is 324 g/mol. The summed E-state index contributed by atoms with van der Waals surface area (Å²) in [5, 5.41) is 3.05. The van der Waals surface area contributed by atoms with Gasteiger partial charge in [0, 0.05) is 30.9 Å². The van der Waals surface area contributed by atoms with Crippen LogP contribution < -0.4 is 10.2 Å². The lowest BCUT2D eigenvalue weighted by molar-refractivity contribution is 0.0939. The summed E-state index contributed by atoms with van der Waals surface area (Å²) in [4.78, 5) is 24.3. The first-order valence-electron chi connectivity index (χ1n) is 9.58. The number of hydrogen-bond donors (Lipinski definition) is 1. The second kappa shape index (κ2) is 8.30. The van der Waals surface area contributed by atoms with E-state index in [9.17, 15) is 4.79 Å². The first-order valence-corrected chi connectivity index (χ1v) is 9.58. The van der Waals surface area contributed by atoms with Gasteiger partial charge in [-0.3, -0.25) is 4.79 Å². The number of piperidine rings is 1. The quantitative estimate of drug-likeness (QED) is 0.884. The van der Waals surface area contributed by atoms with Crippen molar-refractivity contribution in [2.45, 2.75) is 52.5 Å². The first-order chi connectivity index (χ1) is 12.6. The average molecular weight is 352 g/mol. The minimum absolute atomic E-state index is 0.0873. The third kappa shape index (κ3) is 4.21. The molecule has 1 saturated heterocycles. The maximum Gasteiger partial charge on any atom is 0.256 e. The number of carbonyl (C=O) groups excluding carboxylic acids is 1. The van der Waals surface area contributed by atoms with Gasteiger partial charge in [-0.2, -0.15) is 0 Å². The number of aromatic nitrogens is 2. The lowest BCUT2D eigenvalue weighted by Crippen LogP contribution is -2.36. The van der Waals surface area contributed by atoms with Crippen molar-refractivity contribution in [2.75, 3.05) is 18.0 Å². The Morgan fingerprint density at radius 2 is 2.04 bits per heavy atom. The molecule has 0 aliphatic carbocycles. The fourth-order valence-electron chi connectivity index (χ4n) is 3.21. The molecule has 138 valence electrons. The Morgan fingerprint density at radius 3 is 2.73 bits per heavy atom. The molecule has 1 aromatic carbocycles. The van der Waals surface area contributed by atoms with Gasteiger partial charge in [0.25, 0.3) is 5.91 Å². The van der Waals surface area contributed by atoms with E-state index in [1.54, 1.807) is 6.20 Å². The van der Waals surface area contributed by atoms with Crippen LogP contribution in [0.15, 0.2) is 30.5 Å². The molecule has 2 aromatic rings. The van der Waals surface area contributed by atoms with Crippen LogP contribution in [0.4, 0.5) is 5.82 Å². The highest BCUT2D eigenvalue weighted by atomic mass is 16.1. The van der Waals surface area contributed by atoms with Crippen LogP contribution in [-0.2, 0) is 0 Å². The number of nitrogens with zero attached hydrogens (tertiary/aromatic N) is 3. The minimum Gasteiger partial charge on any atom is -0.356 e. The molecule has 1 atom stereocenters. The van der Waals surface area contributed by atoms with Gasteiger partial charge in [0.05, 0.1) is 0 Å². The smallest absolute Gasteiger partial charge is 0.256 e. The molecule has 5 heteroatoms. The predicted octanol–water partition coefficient (Wildman–Crippen LogP) is 3.97. The summed E-state index contributed by atoms with van der Waals surface area (Å²) in [6, 6.07) is 8.30. The molecule has 26 heavy (non-hydrogen) atoms. The van der Waals surface area contributed by atoms with Crippen molar-refractivity contribution in [1.29, 1.82) is 0 Å². The number of amides is 1. The monoisotopic (exact) mass is 352 g/mol. The highest BCUT2D eigenvalue weighted by Crippen LogP contribution is 2.25. The van der Waals surface area contributed by atoms with Gasteiger partial charge in [-0.25, -0.2) is 9.97 Å². The zero-order valence-electron chi connectivity index (χ0n) is 16.0. The summed E-state index contributed by atoms with van der Waals surface area (Å²) in [6.45, 7) is 8.01. The fourth-order valence-corrected chi connectivity index (χ4v) is 3.21. The number of benzene rings is 1. The van der Waals surface area contributed by atoms with Crippen LogP contribution in [0.25, 0.3) is 11.4 Å². The van der Waals surface area contributed by atoms with Crippen molar-refractivity contribution in [2.24, 2.45) is 0 Å². The van der Waals surface area contributed by atoms with Crippen molar-refractivity contribution in [3.8, 4) is 11.4 Å². The van der Waals surface area contributed by atoms with Gasteiger partial charge in [0.1, 0.15) is 11.4 Å². The third-order valence-corrected chi connectivity index (χ3v) is 4.94. The molecule has 0 spiro atoms. The summed E-state index contributed by atoms with van der Waals surface area (Å²) in [5.74, 6) is 1.35. The Labute approximate surface area is 155 Å². The highest BCUT2D eigenvalue weighted by Gasteiger charge is 2.22. The zero-order chi connectivity index (χ0) is 18.5. The molecule has 1 aliphatic heterocycles. The minimum atomic E-state index is -0.0873. The Bertz CT molecular complexity index is 768. The predicted molar refractivity (Wildman–Crippen MR) is 105 cm³/mol. The summed E-state index contributed by atoms with van der Waals surface area (Å²) >= 11 is 0. The number of anilines is 1. The number of carbonyl (C=O) groups is 1. The Balaban J connectivity index is 1.99. The van der Waals surface area contributed by atoms with Gasteiger partial charge in [-0.1, -0.05) is 30.7 Å². The summed E-state index contributed by atoms with van der Waals surface area (Å²) in [7, 11) is 0.